The smallest absolute Gasteiger partial charge is 0.0340 e. The van der Waals surface area contributed by atoms with Crippen molar-refractivity contribution in [1.82, 2.24) is 0 Å². The van der Waals surface area contributed by atoms with E-state index in [1.165, 1.54) is 10.6 Å². The lowest BCUT2D eigenvalue weighted by atomic mass is 10.3. The normalized spacial score (nSPS) is 12.1. The Hall–Kier alpha value is -0.930. The molecule has 2 aromatic rings. The van der Waals surface area contributed by atoms with Gasteiger partial charge in [-0.25, -0.2) is 0 Å². The molecule has 2 rings (SSSR count). The first-order chi connectivity index (χ1) is 8.74. The van der Waals surface area contributed by atoms with Gasteiger partial charge < -0.3 is 5.32 Å². The predicted octanol–water partition coefficient (Wildman–Crippen LogP) is 5.04. The van der Waals surface area contributed by atoms with E-state index in [2.05, 4.69) is 76.7 Å². The van der Waals surface area contributed by atoms with E-state index in [-0.39, 0.29) is 0 Å². The first-order valence-corrected chi connectivity index (χ1v) is 7.62. The average molecular weight is 322 g/mol. The summed E-state index contributed by atoms with van der Waals surface area (Å²) in [4.78, 5) is 1.31. The fourth-order valence-corrected chi connectivity index (χ4v) is 2.79. The van der Waals surface area contributed by atoms with Crippen molar-refractivity contribution >= 4 is 33.4 Å². The summed E-state index contributed by atoms with van der Waals surface area (Å²) >= 11 is 5.34. The molecule has 0 aromatic heterocycles. The molecule has 94 valence electrons. The van der Waals surface area contributed by atoms with Crippen LogP contribution in [0.15, 0.2) is 64.0 Å². The number of halogens is 1. The van der Waals surface area contributed by atoms with Gasteiger partial charge in [0, 0.05) is 26.9 Å². The second kappa shape index (κ2) is 6.86. The lowest BCUT2D eigenvalue weighted by Gasteiger charge is -2.13. The van der Waals surface area contributed by atoms with Crippen molar-refractivity contribution in [2.75, 3.05) is 11.9 Å². The summed E-state index contributed by atoms with van der Waals surface area (Å²) in [5, 5.41) is 3.98. The number of benzene rings is 2. The molecule has 0 aliphatic heterocycles. The zero-order valence-corrected chi connectivity index (χ0v) is 12.7. The third-order valence-corrected chi connectivity index (χ3v) is 4.16. The molecule has 1 N–H and O–H groups in total. The lowest BCUT2D eigenvalue weighted by Crippen LogP contribution is -2.12. The van der Waals surface area contributed by atoms with Gasteiger partial charge in [0.2, 0.25) is 0 Å². The Labute approximate surface area is 121 Å². The summed E-state index contributed by atoms with van der Waals surface area (Å²) in [6, 6.07) is 18.8. The number of anilines is 1. The van der Waals surface area contributed by atoms with Gasteiger partial charge in [-0.05, 0) is 36.4 Å². The van der Waals surface area contributed by atoms with Gasteiger partial charge in [0.25, 0.3) is 0 Å². The largest absolute Gasteiger partial charge is 0.384 e. The molecule has 1 atom stereocenters. The van der Waals surface area contributed by atoms with Crippen LogP contribution in [0.3, 0.4) is 0 Å². The van der Waals surface area contributed by atoms with Crippen molar-refractivity contribution in [3.63, 3.8) is 0 Å². The topological polar surface area (TPSA) is 12.0 Å². The molecule has 3 heteroatoms. The van der Waals surface area contributed by atoms with Crippen LogP contribution >= 0.6 is 27.7 Å². The van der Waals surface area contributed by atoms with Gasteiger partial charge >= 0.3 is 0 Å². The van der Waals surface area contributed by atoms with E-state index in [4.69, 9.17) is 0 Å². The minimum Gasteiger partial charge on any atom is -0.384 e. The van der Waals surface area contributed by atoms with Crippen LogP contribution in [0.1, 0.15) is 6.92 Å². The minimum atomic E-state index is 0.534. The Morgan fingerprint density at radius 1 is 1.06 bits per heavy atom. The first-order valence-electron chi connectivity index (χ1n) is 5.95. The van der Waals surface area contributed by atoms with E-state index in [9.17, 15) is 0 Å². The molecule has 1 unspecified atom stereocenters. The van der Waals surface area contributed by atoms with Crippen molar-refractivity contribution in [3.8, 4) is 0 Å². The number of hydrogen-bond acceptors (Lipinski definition) is 2. The number of nitrogens with one attached hydrogen (secondary N) is 1. The highest BCUT2D eigenvalue weighted by Gasteiger charge is 2.04. The standard InChI is InChI=1S/C15H16BrNS/c1-12(11-17-14-5-3-2-4-6-14)18-15-9-7-13(16)8-10-15/h2-10,12,17H,11H2,1H3. The Bertz CT molecular complexity index is 470. The molecule has 1 nitrogen and oxygen atoms in total. The van der Waals surface area contributed by atoms with E-state index < -0.39 is 0 Å². The Morgan fingerprint density at radius 3 is 2.39 bits per heavy atom. The zero-order chi connectivity index (χ0) is 12.8. The fraction of sp³-hybridized carbons (Fsp3) is 0.200. The van der Waals surface area contributed by atoms with Gasteiger partial charge in [0.1, 0.15) is 0 Å². The van der Waals surface area contributed by atoms with E-state index in [1.807, 2.05) is 17.8 Å². The summed E-state index contributed by atoms with van der Waals surface area (Å²) in [7, 11) is 0. The maximum Gasteiger partial charge on any atom is 0.0340 e. The van der Waals surface area contributed by atoms with Crippen LogP contribution in [0.25, 0.3) is 0 Å². The minimum absolute atomic E-state index is 0.534. The van der Waals surface area contributed by atoms with Crippen LogP contribution in [-0.4, -0.2) is 11.8 Å². The van der Waals surface area contributed by atoms with Crippen LogP contribution in [0.5, 0.6) is 0 Å². The van der Waals surface area contributed by atoms with Gasteiger partial charge in [-0.3, -0.25) is 0 Å². The molecule has 0 radical (unpaired) electrons. The molecule has 0 amide bonds. The maximum absolute atomic E-state index is 3.45. The van der Waals surface area contributed by atoms with Crippen LogP contribution < -0.4 is 5.32 Å². The second-order valence-corrected chi connectivity index (χ2v) is 6.56. The molecule has 0 bridgehead atoms. The summed E-state index contributed by atoms with van der Waals surface area (Å²) < 4.78 is 1.13. The SMILES string of the molecule is CC(CNc1ccccc1)Sc1ccc(Br)cc1. The maximum atomic E-state index is 3.45. The van der Waals surface area contributed by atoms with Crippen LogP contribution in [0.2, 0.25) is 0 Å². The van der Waals surface area contributed by atoms with Crippen LogP contribution in [0.4, 0.5) is 5.69 Å². The monoisotopic (exact) mass is 321 g/mol. The molecule has 0 saturated heterocycles. The Balaban J connectivity index is 1.82. The number of thioether (sulfide) groups is 1. The molecule has 18 heavy (non-hydrogen) atoms. The first kappa shape index (κ1) is 13.5. The van der Waals surface area contributed by atoms with Gasteiger partial charge in [-0.15, -0.1) is 11.8 Å². The number of para-hydroxylation sites is 1. The van der Waals surface area contributed by atoms with E-state index in [0.717, 1.165) is 11.0 Å². The Morgan fingerprint density at radius 2 is 1.72 bits per heavy atom. The lowest BCUT2D eigenvalue weighted by molar-refractivity contribution is 0.999. The van der Waals surface area contributed by atoms with Gasteiger partial charge in [0.15, 0.2) is 0 Å². The van der Waals surface area contributed by atoms with Gasteiger partial charge in [-0.1, -0.05) is 41.1 Å². The van der Waals surface area contributed by atoms with Crippen molar-refractivity contribution in [2.45, 2.75) is 17.1 Å². The van der Waals surface area contributed by atoms with Crippen molar-refractivity contribution in [2.24, 2.45) is 0 Å². The zero-order valence-electron chi connectivity index (χ0n) is 10.3. The fourth-order valence-electron chi connectivity index (χ4n) is 1.60. The van der Waals surface area contributed by atoms with E-state index >= 15 is 0 Å². The average Bonchev–Trinajstić information content (AvgIpc) is 2.40. The molecule has 0 heterocycles. The summed E-state index contributed by atoms with van der Waals surface area (Å²) in [6.07, 6.45) is 0. The highest BCUT2D eigenvalue weighted by molar-refractivity contribution is 9.10. The highest BCUT2D eigenvalue weighted by atomic mass is 79.9. The van der Waals surface area contributed by atoms with Gasteiger partial charge in [-0.2, -0.15) is 0 Å². The van der Waals surface area contributed by atoms with Crippen molar-refractivity contribution in [1.29, 1.82) is 0 Å². The third-order valence-electron chi connectivity index (χ3n) is 2.52. The summed E-state index contributed by atoms with van der Waals surface area (Å²) in [6.45, 7) is 3.20. The summed E-state index contributed by atoms with van der Waals surface area (Å²) in [5.74, 6) is 0. The third kappa shape index (κ3) is 4.39. The molecule has 2 aromatic carbocycles. The quantitative estimate of drug-likeness (QED) is 0.774. The molecule has 0 spiro atoms. The molecule has 0 saturated carbocycles. The molecular formula is C15H16BrNS. The molecular weight excluding hydrogens is 306 g/mol. The highest BCUT2D eigenvalue weighted by Crippen LogP contribution is 2.25. The molecule has 0 aliphatic carbocycles. The number of hydrogen-bond donors (Lipinski definition) is 1. The van der Waals surface area contributed by atoms with Crippen molar-refractivity contribution in [3.05, 3.63) is 59.1 Å². The molecule has 0 aliphatic rings. The van der Waals surface area contributed by atoms with E-state index in [1.54, 1.807) is 0 Å². The second-order valence-electron chi connectivity index (χ2n) is 4.13. The molecule has 0 fully saturated rings. The van der Waals surface area contributed by atoms with Crippen LogP contribution in [-0.2, 0) is 0 Å². The predicted molar refractivity (Wildman–Crippen MR) is 84.4 cm³/mol. The summed E-state index contributed by atoms with van der Waals surface area (Å²) in [5.41, 5.74) is 1.18. The Kier molecular flexibility index (Phi) is 5.14. The van der Waals surface area contributed by atoms with E-state index in [0.29, 0.717) is 5.25 Å². The van der Waals surface area contributed by atoms with Gasteiger partial charge in [0.05, 0.1) is 0 Å². The number of rotatable bonds is 5. The van der Waals surface area contributed by atoms with Crippen LogP contribution in [0, 0.1) is 0 Å². The van der Waals surface area contributed by atoms with Crippen molar-refractivity contribution < 1.29 is 0 Å².